The van der Waals surface area contributed by atoms with Crippen molar-refractivity contribution in [3.05, 3.63) is 0 Å². The lowest BCUT2D eigenvalue weighted by Gasteiger charge is -2.33. The van der Waals surface area contributed by atoms with E-state index in [1.54, 1.807) is 0 Å². The molecule has 0 atom stereocenters. The molecule has 2 fully saturated rings. The number of likely N-dealkylation sites (tertiary alicyclic amines) is 1. The van der Waals surface area contributed by atoms with Gasteiger partial charge in [0.25, 0.3) is 0 Å². The molecule has 0 aromatic rings. The average molecular weight is 209 g/mol. The normalized spacial score (nSPS) is 26.6. The van der Waals surface area contributed by atoms with Crippen LogP contribution in [0.4, 0.5) is 0 Å². The van der Waals surface area contributed by atoms with Crippen LogP contribution in [-0.2, 0) is 0 Å². The van der Waals surface area contributed by atoms with Crippen LogP contribution in [0, 0.1) is 11.3 Å². The van der Waals surface area contributed by atoms with Crippen LogP contribution in [0.25, 0.3) is 0 Å². The Kier molecular flexibility index (Phi) is 3.71. The second-order valence-corrected chi connectivity index (χ2v) is 6.27. The maximum atomic E-state index is 2.73. The lowest BCUT2D eigenvalue weighted by atomic mass is 9.73. The quantitative estimate of drug-likeness (QED) is 0.685. The zero-order valence-corrected chi connectivity index (χ0v) is 10.6. The molecular formula is C14H27N. The predicted octanol–water partition coefficient (Wildman–Crippen LogP) is 3.69. The first kappa shape index (κ1) is 11.4. The van der Waals surface area contributed by atoms with E-state index in [1.807, 2.05) is 0 Å². The van der Waals surface area contributed by atoms with Gasteiger partial charge in [0.1, 0.15) is 0 Å². The van der Waals surface area contributed by atoms with Gasteiger partial charge in [0.2, 0.25) is 0 Å². The average Bonchev–Trinajstić information content (AvgIpc) is 2.60. The van der Waals surface area contributed by atoms with Crippen LogP contribution in [0.1, 0.15) is 58.8 Å². The van der Waals surface area contributed by atoms with Crippen LogP contribution < -0.4 is 0 Å². The van der Waals surface area contributed by atoms with Gasteiger partial charge in [-0.05, 0) is 50.1 Å². The molecule has 15 heavy (non-hydrogen) atoms. The van der Waals surface area contributed by atoms with Gasteiger partial charge in [0, 0.05) is 6.54 Å². The summed E-state index contributed by atoms with van der Waals surface area (Å²) in [4.78, 5) is 2.73. The fourth-order valence-corrected chi connectivity index (χ4v) is 3.37. The largest absolute Gasteiger partial charge is 0.303 e. The van der Waals surface area contributed by atoms with Crippen molar-refractivity contribution >= 4 is 0 Å². The molecule has 88 valence electrons. The van der Waals surface area contributed by atoms with Crippen molar-refractivity contribution in [1.29, 1.82) is 0 Å². The Bertz CT molecular complexity index is 192. The van der Waals surface area contributed by atoms with Crippen molar-refractivity contribution in [2.24, 2.45) is 11.3 Å². The summed E-state index contributed by atoms with van der Waals surface area (Å²) in [6.07, 6.45) is 10.4. The third-order valence-corrected chi connectivity index (χ3v) is 4.45. The summed E-state index contributed by atoms with van der Waals surface area (Å²) in [6.45, 7) is 8.82. The molecule has 1 saturated carbocycles. The fourth-order valence-electron chi connectivity index (χ4n) is 3.37. The van der Waals surface area contributed by atoms with Crippen LogP contribution in [-0.4, -0.2) is 24.5 Å². The van der Waals surface area contributed by atoms with Gasteiger partial charge in [-0.2, -0.15) is 0 Å². The lowest BCUT2D eigenvalue weighted by Crippen LogP contribution is -2.30. The molecule has 1 aliphatic carbocycles. The summed E-state index contributed by atoms with van der Waals surface area (Å²) in [5.41, 5.74) is 0.759. The van der Waals surface area contributed by atoms with Crippen molar-refractivity contribution in [2.75, 3.05) is 19.6 Å². The van der Waals surface area contributed by atoms with Crippen LogP contribution in [0.5, 0.6) is 0 Å². The van der Waals surface area contributed by atoms with Crippen molar-refractivity contribution < 1.29 is 0 Å². The molecule has 0 N–H and O–H groups in total. The van der Waals surface area contributed by atoms with Crippen LogP contribution >= 0.6 is 0 Å². The number of hydrogen-bond acceptors (Lipinski definition) is 1. The maximum absolute atomic E-state index is 2.73. The summed E-state index contributed by atoms with van der Waals surface area (Å²) in [5.74, 6) is 0.868. The Hall–Kier alpha value is -0.0400. The molecule has 0 aromatic carbocycles. The first-order chi connectivity index (χ1) is 7.20. The second-order valence-electron chi connectivity index (χ2n) is 6.27. The van der Waals surface area contributed by atoms with Crippen molar-refractivity contribution in [3.63, 3.8) is 0 Å². The van der Waals surface area contributed by atoms with Gasteiger partial charge >= 0.3 is 0 Å². The van der Waals surface area contributed by atoms with Gasteiger partial charge in [-0.15, -0.1) is 0 Å². The molecule has 2 aliphatic rings. The van der Waals surface area contributed by atoms with E-state index in [-0.39, 0.29) is 0 Å². The topological polar surface area (TPSA) is 3.24 Å². The van der Waals surface area contributed by atoms with Crippen LogP contribution in [0.2, 0.25) is 0 Å². The minimum absolute atomic E-state index is 0.759. The molecule has 0 radical (unpaired) electrons. The van der Waals surface area contributed by atoms with E-state index < -0.39 is 0 Å². The van der Waals surface area contributed by atoms with Crippen LogP contribution in [0.15, 0.2) is 0 Å². The van der Waals surface area contributed by atoms with Crippen molar-refractivity contribution in [2.45, 2.75) is 58.8 Å². The van der Waals surface area contributed by atoms with E-state index in [1.165, 1.54) is 64.6 Å². The fraction of sp³-hybridized carbons (Fsp3) is 1.00. The highest BCUT2D eigenvalue weighted by Crippen LogP contribution is 2.43. The molecule has 1 nitrogen and oxygen atoms in total. The molecule has 0 unspecified atom stereocenters. The summed E-state index contributed by atoms with van der Waals surface area (Å²) in [5, 5.41) is 0. The first-order valence-corrected chi connectivity index (χ1v) is 6.93. The summed E-state index contributed by atoms with van der Waals surface area (Å²) in [6, 6.07) is 0. The van der Waals surface area contributed by atoms with Gasteiger partial charge in [-0.1, -0.05) is 33.1 Å². The molecule has 1 heteroatoms. The number of nitrogens with zero attached hydrogens (tertiary/aromatic N) is 1. The van der Waals surface area contributed by atoms with Gasteiger partial charge in [0.05, 0.1) is 0 Å². The molecule has 0 bridgehead atoms. The zero-order valence-electron chi connectivity index (χ0n) is 10.6. The molecule has 0 amide bonds. The lowest BCUT2D eigenvalue weighted by molar-refractivity contribution is 0.183. The van der Waals surface area contributed by atoms with Gasteiger partial charge < -0.3 is 4.90 Å². The van der Waals surface area contributed by atoms with Crippen molar-refractivity contribution in [3.8, 4) is 0 Å². The van der Waals surface area contributed by atoms with Gasteiger partial charge in [-0.3, -0.25) is 0 Å². The monoisotopic (exact) mass is 209 g/mol. The molecule has 1 spiro atoms. The SMILES string of the molecule is CC(C)CCN1CCC2(CCCCC2)C1. The second kappa shape index (κ2) is 4.86. The van der Waals surface area contributed by atoms with Gasteiger partial charge in [0.15, 0.2) is 0 Å². The van der Waals surface area contributed by atoms with E-state index in [0.717, 1.165) is 11.3 Å². The highest BCUT2D eigenvalue weighted by Gasteiger charge is 2.38. The summed E-state index contributed by atoms with van der Waals surface area (Å²) in [7, 11) is 0. The van der Waals surface area contributed by atoms with E-state index in [4.69, 9.17) is 0 Å². The Labute approximate surface area is 95.2 Å². The zero-order chi connectivity index (χ0) is 10.7. The molecule has 0 aromatic heterocycles. The van der Waals surface area contributed by atoms with Crippen molar-refractivity contribution in [1.82, 2.24) is 4.90 Å². The standard InChI is InChI=1S/C14H27N/c1-13(2)6-10-15-11-9-14(12-15)7-4-3-5-8-14/h13H,3-12H2,1-2H3. The highest BCUT2D eigenvalue weighted by atomic mass is 15.2. The minimum Gasteiger partial charge on any atom is -0.303 e. The van der Waals surface area contributed by atoms with E-state index in [2.05, 4.69) is 18.7 Å². The highest BCUT2D eigenvalue weighted by molar-refractivity contribution is 4.91. The molecular weight excluding hydrogens is 182 g/mol. The number of hydrogen-bond donors (Lipinski definition) is 0. The third kappa shape index (κ3) is 2.96. The molecule has 1 heterocycles. The summed E-state index contributed by atoms with van der Waals surface area (Å²) < 4.78 is 0. The van der Waals surface area contributed by atoms with Gasteiger partial charge in [-0.25, -0.2) is 0 Å². The van der Waals surface area contributed by atoms with E-state index in [0.29, 0.717) is 0 Å². The summed E-state index contributed by atoms with van der Waals surface area (Å²) >= 11 is 0. The smallest absolute Gasteiger partial charge is 0.00385 e. The van der Waals surface area contributed by atoms with Crippen LogP contribution in [0.3, 0.4) is 0 Å². The van der Waals surface area contributed by atoms with E-state index in [9.17, 15) is 0 Å². The Morgan fingerprint density at radius 3 is 2.47 bits per heavy atom. The molecule has 1 aliphatic heterocycles. The number of rotatable bonds is 3. The predicted molar refractivity (Wildman–Crippen MR) is 66.0 cm³/mol. The Morgan fingerprint density at radius 1 is 1.07 bits per heavy atom. The first-order valence-electron chi connectivity index (χ1n) is 6.93. The Morgan fingerprint density at radius 2 is 1.80 bits per heavy atom. The minimum atomic E-state index is 0.759. The third-order valence-electron chi connectivity index (χ3n) is 4.45. The van der Waals surface area contributed by atoms with E-state index >= 15 is 0 Å². The molecule has 1 saturated heterocycles. The Balaban J connectivity index is 1.78. The maximum Gasteiger partial charge on any atom is 0.00385 e. The molecule has 2 rings (SSSR count).